The van der Waals surface area contributed by atoms with Crippen molar-refractivity contribution < 1.29 is 9.53 Å². The van der Waals surface area contributed by atoms with Gasteiger partial charge < -0.3 is 9.64 Å². The molecule has 0 radical (unpaired) electrons. The predicted octanol–water partition coefficient (Wildman–Crippen LogP) is 2.70. The molecule has 112 valence electrons. The Balaban J connectivity index is 1.52. The third kappa shape index (κ3) is 2.01. The summed E-state index contributed by atoms with van der Waals surface area (Å²) in [5.74, 6) is 3.44. The van der Waals surface area contributed by atoms with Crippen LogP contribution in [0.15, 0.2) is 0 Å². The van der Waals surface area contributed by atoms with E-state index in [2.05, 4.69) is 11.8 Å². The third-order valence-corrected chi connectivity index (χ3v) is 6.70. The molecule has 3 heteroatoms. The lowest BCUT2D eigenvalue weighted by molar-refractivity contribution is -0.153. The second-order valence-electron chi connectivity index (χ2n) is 7.94. The molecule has 5 aliphatic rings. The molecule has 5 fully saturated rings. The molecule has 1 amide bonds. The predicted molar refractivity (Wildman–Crippen MR) is 77.2 cm³/mol. The van der Waals surface area contributed by atoms with Gasteiger partial charge in [-0.1, -0.05) is 6.92 Å². The van der Waals surface area contributed by atoms with Gasteiger partial charge >= 0.3 is 0 Å². The summed E-state index contributed by atoms with van der Waals surface area (Å²) in [6.45, 7) is 5.27. The maximum absolute atomic E-state index is 12.9. The van der Waals surface area contributed by atoms with Crippen LogP contribution in [0.2, 0.25) is 0 Å². The summed E-state index contributed by atoms with van der Waals surface area (Å²) in [6.07, 6.45) is 8.36. The largest absolute Gasteiger partial charge is 0.378 e. The van der Waals surface area contributed by atoms with Crippen LogP contribution in [0.25, 0.3) is 0 Å². The van der Waals surface area contributed by atoms with Gasteiger partial charge in [-0.2, -0.15) is 0 Å². The molecule has 0 aromatic heterocycles. The molecule has 5 rings (SSSR count). The summed E-state index contributed by atoms with van der Waals surface area (Å²) in [7, 11) is 0. The van der Waals surface area contributed by atoms with Crippen LogP contribution in [0.5, 0.6) is 0 Å². The van der Waals surface area contributed by atoms with Gasteiger partial charge in [0.25, 0.3) is 0 Å². The molecule has 4 saturated carbocycles. The molecule has 0 N–H and O–H groups in total. The van der Waals surface area contributed by atoms with E-state index in [1.54, 1.807) is 0 Å². The van der Waals surface area contributed by atoms with Crippen molar-refractivity contribution in [2.75, 3.05) is 26.3 Å². The first-order valence-corrected chi connectivity index (χ1v) is 8.53. The molecule has 4 aliphatic carbocycles. The number of ether oxygens (including phenoxy) is 1. The van der Waals surface area contributed by atoms with Gasteiger partial charge in [0.1, 0.15) is 0 Å². The van der Waals surface area contributed by atoms with E-state index in [4.69, 9.17) is 4.74 Å². The summed E-state index contributed by atoms with van der Waals surface area (Å²) in [5.41, 5.74) is 0.351. The number of carbonyl (C=O) groups is 1. The molecular weight excluding hydrogens is 250 g/mol. The highest BCUT2D eigenvalue weighted by molar-refractivity contribution is 5.79. The van der Waals surface area contributed by atoms with E-state index in [1.807, 2.05) is 0 Å². The highest BCUT2D eigenvalue weighted by Gasteiger charge is 2.54. The summed E-state index contributed by atoms with van der Waals surface area (Å²) in [6, 6.07) is 0. The molecule has 4 bridgehead atoms. The van der Waals surface area contributed by atoms with Gasteiger partial charge in [-0.05, 0) is 61.7 Å². The normalized spacial score (nSPS) is 44.6. The van der Waals surface area contributed by atoms with E-state index in [0.717, 1.165) is 44.1 Å². The topological polar surface area (TPSA) is 29.5 Å². The Morgan fingerprint density at radius 3 is 2.05 bits per heavy atom. The van der Waals surface area contributed by atoms with Crippen molar-refractivity contribution in [2.45, 2.75) is 45.4 Å². The minimum absolute atomic E-state index is 0.231. The zero-order chi connectivity index (χ0) is 13.7. The first-order chi connectivity index (χ1) is 9.66. The van der Waals surface area contributed by atoms with E-state index in [9.17, 15) is 4.79 Å². The first-order valence-electron chi connectivity index (χ1n) is 8.53. The van der Waals surface area contributed by atoms with Crippen molar-refractivity contribution in [3.8, 4) is 0 Å². The number of amides is 1. The number of morpholine rings is 1. The summed E-state index contributed by atoms with van der Waals surface area (Å²) in [4.78, 5) is 14.9. The monoisotopic (exact) mass is 277 g/mol. The molecule has 1 saturated heterocycles. The number of nitrogens with zero attached hydrogens (tertiary/aromatic N) is 1. The van der Waals surface area contributed by atoms with Crippen molar-refractivity contribution in [1.29, 1.82) is 0 Å². The fourth-order valence-electron chi connectivity index (χ4n) is 6.03. The summed E-state index contributed by atoms with van der Waals surface area (Å²) >= 11 is 0. The average molecular weight is 277 g/mol. The number of rotatable bonds is 2. The highest BCUT2D eigenvalue weighted by atomic mass is 16.5. The smallest absolute Gasteiger partial charge is 0.226 e. The molecule has 3 nitrogen and oxygen atoms in total. The molecule has 1 atom stereocenters. The Morgan fingerprint density at radius 2 is 1.55 bits per heavy atom. The molecule has 1 unspecified atom stereocenters. The maximum atomic E-state index is 12.9. The number of carbonyl (C=O) groups excluding carboxylic acids is 1. The fourth-order valence-corrected chi connectivity index (χ4v) is 6.03. The van der Waals surface area contributed by atoms with Crippen molar-refractivity contribution in [2.24, 2.45) is 29.1 Å². The van der Waals surface area contributed by atoms with Crippen LogP contribution in [-0.4, -0.2) is 37.1 Å². The van der Waals surface area contributed by atoms with Crippen LogP contribution in [0, 0.1) is 29.1 Å². The van der Waals surface area contributed by atoms with E-state index in [-0.39, 0.29) is 5.92 Å². The Hall–Kier alpha value is -0.570. The van der Waals surface area contributed by atoms with Crippen molar-refractivity contribution in [3.05, 3.63) is 0 Å². The Morgan fingerprint density at radius 1 is 1.05 bits per heavy atom. The SMILES string of the molecule is CC(C(=O)N1CCOCC1)C12CC3CC(CC(C3)C1)C2. The van der Waals surface area contributed by atoms with Gasteiger partial charge in [0.05, 0.1) is 13.2 Å². The number of hydrogen-bond donors (Lipinski definition) is 0. The minimum Gasteiger partial charge on any atom is -0.378 e. The summed E-state index contributed by atoms with van der Waals surface area (Å²) in [5, 5.41) is 0. The van der Waals surface area contributed by atoms with E-state index in [1.165, 1.54) is 38.5 Å². The molecule has 0 aromatic rings. The number of hydrogen-bond acceptors (Lipinski definition) is 2. The van der Waals surface area contributed by atoms with Gasteiger partial charge in [-0.25, -0.2) is 0 Å². The lowest BCUT2D eigenvalue weighted by atomic mass is 9.46. The molecular formula is C17H27NO2. The molecule has 0 aromatic carbocycles. The lowest BCUT2D eigenvalue weighted by Crippen LogP contribution is -2.54. The zero-order valence-corrected chi connectivity index (χ0v) is 12.6. The van der Waals surface area contributed by atoms with Crippen LogP contribution in [0.1, 0.15) is 45.4 Å². The fraction of sp³-hybridized carbons (Fsp3) is 0.941. The highest BCUT2D eigenvalue weighted by Crippen LogP contribution is 2.62. The quantitative estimate of drug-likeness (QED) is 0.776. The molecule has 1 heterocycles. The van der Waals surface area contributed by atoms with Crippen LogP contribution in [0.4, 0.5) is 0 Å². The lowest BCUT2D eigenvalue weighted by Gasteiger charge is -2.59. The Labute approximate surface area is 122 Å². The van der Waals surface area contributed by atoms with Gasteiger partial charge in [-0.3, -0.25) is 4.79 Å². The van der Waals surface area contributed by atoms with Crippen molar-refractivity contribution >= 4 is 5.91 Å². The van der Waals surface area contributed by atoms with Gasteiger partial charge in [0.15, 0.2) is 0 Å². The van der Waals surface area contributed by atoms with Crippen molar-refractivity contribution in [3.63, 3.8) is 0 Å². The summed E-state index contributed by atoms with van der Waals surface area (Å²) < 4.78 is 5.39. The zero-order valence-electron chi connectivity index (χ0n) is 12.6. The van der Waals surface area contributed by atoms with E-state index in [0.29, 0.717) is 11.3 Å². The standard InChI is InChI=1S/C17H27NO2/c1-12(16(19)18-2-4-20-5-3-18)17-9-13-6-14(10-17)8-15(7-13)11-17/h12-15H,2-11H2,1H3. The van der Waals surface area contributed by atoms with Gasteiger partial charge in [0, 0.05) is 19.0 Å². The first kappa shape index (κ1) is 13.1. The molecule has 0 spiro atoms. The van der Waals surface area contributed by atoms with Crippen LogP contribution in [-0.2, 0) is 9.53 Å². The van der Waals surface area contributed by atoms with Crippen molar-refractivity contribution in [1.82, 2.24) is 4.90 Å². The molecule has 1 aliphatic heterocycles. The van der Waals surface area contributed by atoms with Gasteiger partial charge in [-0.15, -0.1) is 0 Å². The molecule has 20 heavy (non-hydrogen) atoms. The van der Waals surface area contributed by atoms with E-state index >= 15 is 0 Å². The second kappa shape index (κ2) is 4.72. The van der Waals surface area contributed by atoms with Crippen LogP contribution < -0.4 is 0 Å². The third-order valence-electron chi connectivity index (χ3n) is 6.70. The van der Waals surface area contributed by atoms with E-state index < -0.39 is 0 Å². The van der Waals surface area contributed by atoms with Crippen LogP contribution >= 0.6 is 0 Å². The maximum Gasteiger partial charge on any atom is 0.226 e. The van der Waals surface area contributed by atoms with Gasteiger partial charge in [0.2, 0.25) is 5.91 Å². The second-order valence-corrected chi connectivity index (χ2v) is 7.94. The average Bonchev–Trinajstić information content (AvgIpc) is 2.45. The Kier molecular flexibility index (Phi) is 3.10. The minimum atomic E-state index is 0.231. The van der Waals surface area contributed by atoms with Crippen LogP contribution in [0.3, 0.4) is 0 Å². The Bertz CT molecular complexity index is 365.